The Kier molecular flexibility index (Phi) is 16.2. The van der Waals surface area contributed by atoms with Gasteiger partial charge >= 0.3 is 5.97 Å². The van der Waals surface area contributed by atoms with Crippen molar-refractivity contribution in [2.45, 2.75) is 46.7 Å². The molecule has 0 amide bonds. The van der Waals surface area contributed by atoms with E-state index in [0.717, 1.165) is 62.0 Å². The van der Waals surface area contributed by atoms with E-state index < -0.39 is 5.97 Å². The van der Waals surface area contributed by atoms with Gasteiger partial charge in [-0.1, -0.05) is 86.2 Å². The molecule has 0 saturated carbocycles. The number of aromatic nitrogens is 6. The second-order valence-corrected chi connectivity index (χ2v) is 19.5. The molecule has 0 aliphatic carbocycles. The highest BCUT2D eigenvalue weighted by atomic mass is 79.9. The fourth-order valence-electron chi connectivity index (χ4n) is 10.1. The monoisotopic (exact) mass is 1190 g/mol. The highest BCUT2D eigenvalue weighted by Gasteiger charge is 2.26. The SMILES string of the molecule is C.C.CCc1ccc2c(c1)-c1n[nH]c(=O)c3cccc(c13)O2.COC(=O)c1cccc2oc3ccc(CBr)cc3c(=O)c12.NOCc1ccc2c(c1)-c1n[nH]c(=O)c3cccc(c13)O2.O=c1[nH]nc2c3c(cccc13)Oc1ccc(CO)cc1-2. The summed E-state index contributed by atoms with van der Waals surface area (Å²) in [5, 5.41) is 34.7. The lowest BCUT2D eigenvalue weighted by Crippen LogP contribution is -2.12. The Bertz CT molecular complexity index is 4690. The molecule has 0 atom stereocenters. The minimum absolute atomic E-state index is 0. The van der Waals surface area contributed by atoms with Gasteiger partial charge in [-0.05, 0) is 126 Å². The maximum Gasteiger partial charge on any atom is 0.338 e. The molecule has 0 radical (unpaired) electrons. The molecule has 20 heteroatoms. The van der Waals surface area contributed by atoms with Gasteiger partial charge < -0.3 is 28.5 Å². The van der Waals surface area contributed by atoms with Crippen molar-refractivity contribution < 1.29 is 38.1 Å². The lowest BCUT2D eigenvalue weighted by atomic mass is 9.98. The summed E-state index contributed by atoms with van der Waals surface area (Å²) in [7, 11) is 1.28. The number of hydrogen-bond acceptors (Lipinski definition) is 16. The zero-order valence-corrected chi connectivity index (χ0v) is 45.0. The summed E-state index contributed by atoms with van der Waals surface area (Å²) in [5.41, 5.74) is 8.73. The van der Waals surface area contributed by atoms with Crippen LogP contribution in [0, 0.1) is 0 Å². The van der Waals surface area contributed by atoms with E-state index in [1.165, 1.54) is 12.7 Å². The molecule has 0 fully saturated rings. The van der Waals surface area contributed by atoms with Crippen molar-refractivity contribution in [1.82, 2.24) is 30.6 Å². The molecule has 8 aromatic carbocycles. The molecule has 0 saturated heterocycles. The summed E-state index contributed by atoms with van der Waals surface area (Å²) in [6.45, 7) is 2.35. The predicted octanol–water partition coefficient (Wildman–Crippen LogP) is 12.4. The number of hydrogen-bond donors (Lipinski definition) is 5. The van der Waals surface area contributed by atoms with Crippen molar-refractivity contribution in [3.8, 4) is 68.3 Å². The maximum absolute atomic E-state index is 12.7. The van der Waals surface area contributed by atoms with Crippen LogP contribution in [0.15, 0.2) is 169 Å². The zero-order chi connectivity index (χ0) is 56.8. The Morgan fingerprint density at radius 3 is 1.45 bits per heavy atom. The molecule has 0 unspecified atom stereocenters. The first-order valence-corrected chi connectivity index (χ1v) is 26.6. The first kappa shape index (κ1) is 57.1. The normalized spacial score (nSPS) is 11.5. The van der Waals surface area contributed by atoms with Crippen LogP contribution in [0.5, 0.6) is 34.5 Å². The van der Waals surface area contributed by atoms with Crippen molar-refractivity contribution in [2.75, 3.05) is 7.11 Å². The van der Waals surface area contributed by atoms with Crippen LogP contribution in [-0.4, -0.2) is 48.8 Å². The number of aryl methyl sites for hydroxylation is 1. The van der Waals surface area contributed by atoms with E-state index in [4.69, 9.17) is 29.3 Å². The topological polar surface area (TPSA) is 277 Å². The molecule has 3 aliphatic rings. The van der Waals surface area contributed by atoms with Crippen molar-refractivity contribution in [3.63, 3.8) is 0 Å². The highest BCUT2D eigenvalue weighted by molar-refractivity contribution is 9.08. The van der Waals surface area contributed by atoms with Gasteiger partial charge in [0.15, 0.2) is 0 Å². The molecule has 4 aromatic heterocycles. The van der Waals surface area contributed by atoms with Crippen LogP contribution < -0.4 is 42.2 Å². The quantitative estimate of drug-likeness (QED) is 0.0448. The third kappa shape index (κ3) is 10.2. The number of H-pyrrole nitrogens is 3. The standard InChI is InChI=1S/C16H11BrO4.C16H12N2O2.C15H11N3O3.C15H10N2O3.2CH4/c1-20-16(19)10-3-2-4-13-14(10)15(18)11-7-9(8-17)5-6-12(11)21-13;1-2-9-6-7-12-11(8-9)15-14-10(16(19)18-17-15)4-3-5-13(14)20-12;16-20-7-8-4-5-11-10(6-8)14-13-9(15(19)18-17-14)2-1-3-12(13)21-11;18-7-8-4-5-11-10(6-8)14-13-9(15(19)17-16-14)2-1-3-12(13)20-11;;/h2-7H,8H2,1H3;3-8H,2H2,1H3,(H,18,19);1-6H,7,16H2,(H,18,19);1-6,18H,7H2,(H,17,19);2*1H4. The van der Waals surface area contributed by atoms with Gasteiger partial charge in [-0.15, -0.1) is 0 Å². The van der Waals surface area contributed by atoms with Gasteiger partial charge in [0.2, 0.25) is 5.43 Å². The van der Waals surface area contributed by atoms with Crippen molar-refractivity contribution in [2.24, 2.45) is 5.90 Å². The number of rotatable bonds is 6. The molecule has 84 heavy (non-hydrogen) atoms. The fourth-order valence-corrected chi connectivity index (χ4v) is 10.5. The number of aliphatic hydroxyl groups excluding tert-OH is 1. The van der Waals surface area contributed by atoms with Gasteiger partial charge in [0.25, 0.3) is 16.7 Å². The zero-order valence-electron chi connectivity index (χ0n) is 43.4. The summed E-state index contributed by atoms with van der Waals surface area (Å²) in [6.07, 6.45) is 0.946. The van der Waals surface area contributed by atoms with E-state index in [2.05, 4.69) is 70.4 Å². The van der Waals surface area contributed by atoms with Crippen LogP contribution in [0.2, 0.25) is 0 Å². The van der Waals surface area contributed by atoms with Crippen LogP contribution >= 0.6 is 15.9 Å². The average molecular weight is 1190 g/mol. The summed E-state index contributed by atoms with van der Waals surface area (Å²) >= 11 is 3.36. The van der Waals surface area contributed by atoms with Crippen molar-refractivity contribution >= 4 is 76.2 Å². The number of aliphatic hydroxyl groups is 1. The van der Waals surface area contributed by atoms with E-state index in [-0.39, 0.29) is 54.5 Å². The van der Waals surface area contributed by atoms with Crippen LogP contribution in [0.4, 0.5) is 0 Å². The number of nitrogens with zero attached hydrogens (tertiary/aromatic N) is 3. The van der Waals surface area contributed by atoms with Crippen molar-refractivity contribution in [1.29, 1.82) is 0 Å². The van der Waals surface area contributed by atoms with E-state index >= 15 is 0 Å². The Balaban J connectivity index is 0.000000124. The summed E-state index contributed by atoms with van der Waals surface area (Å²) in [5.74, 6) is 8.65. The summed E-state index contributed by atoms with van der Waals surface area (Å²) < 4.78 is 28.1. The number of nitrogens with one attached hydrogen (secondary N) is 3. The number of halogens is 1. The van der Waals surface area contributed by atoms with E-state index in [0.29, 0.717) is 90.2 Å². The smallest absolute Gasteiger partial charge is 0.338 e. The largest absolute Gasteiger partial charge is 0.465 e. The van der Waals surface area contributed by atoms with E-state index in [1.54, 1.807) is 72.8 Å². The predicted molar refractivity (Wildman–Crippen MR) is 325 cm³/mol. The number of fused-ring (bicyclic) bond motifs is 8. The Morgan fingerprint density at radius 1 is 0.536 bits per heavy atom. The maximum atomic E-state index is 12.7. The highest BCUT2D eigenvalue weighted by Crippen LogP contribution is 2.47. The number of carbonyl (C=O) groups excluding carboxylic acids is 1. The number of nitrogens with two attached hydrogens (primary N) is 1. The Morgan fingerprint density at radius 2 is 0.988 bits per heavy atom. The molecule has 6 N–H and O–H groups in total. The minimum atomic E-state index is -0.552. The molecular weight excluding hydrogens is 1140 g/mol. The summed E-state index contributed by atoms with van der Waals surface area (Å²) in [6, 6.07) is 43.6. The minimum Gasteiger partial charge on any atom is -0.465 e. The van der Waals surface area contributed by atoms with Gasteiger partial charge in [0.05, 0.1) is 69.0 Å². The number of benzene rings is 8. The lowest BCUT2D eigenvalue weighted by Gasteiger charge is -2.20. The number of alkyl halides is 1. The number of carbonyl (C=O) groups is 1. The number of esters is 1. The van der Waals surface area contributed by atoms with Crippen LogP contribution in [0.1, 0.15) is 54.4 Å². The molecule has 15 rings (SSSR count). The molecule has 12 aromatic rings. The number of ether oxygens (including phenoxy) is 4. The molecule has 0 spiro atoms. The third-order valence-corrected chi connectivity index (χ3v) is 14.7. The van der Waals surface area contributed by atoms with Gasteiger partial charge in [0, 0.05) is 22.0 Å². The van der Waals surface area contributed by atoms with E-state index in [1.807, 2.05) is 60.7 Å². The van der Waals surface area contributed by atoms with Crippen LogP contribution in [-0.2, 0) is 34.5 Å². The fraction of sp³-hybridized carbons (Fsp3) is 0.125. The molecule has 19 nitrogen and oxygen atoms in total. The molecule has 7 heterocycles. The molecule has 0 bridgehead atoms. The van der Waals surface area contributed by atoms with Crippen LogP contribution in [0.25, 0.3) is 88.0 Å². The first-order chi connectivity index (χ1) is 40.0. The second-order valence-electron chi connectivity index (χ2n) is 18.9. The average Bonchev–Trinajstić information content (AvgIpc) is 1.25. The number of aromatic amines is 3. The molecule has 422 valence electrons. The summed E-state index contributed by atoms with van der Waals surface area (Å²) in [4.78, 5) is 64.8. The van der Waals surface area contributed by atoms with Gasteiger partial charge in [-0.3, -0.25) is 24.0 Å². The van der Waals surface area contributed by atoms with Crippen LogP contribution in [0.3, 0.4) is 0 Å². The van der Waals surface area contributed by atoms with Gasteiger partial charge in [-0.2, -0.15) is 15.3 Å². The van der Waals surface area contributed by atoms with Crippen molar-refractivity contribution in [3.05, 3.63) is 215 Å². The lowest BCUT2D eigenvalue weighted by molar-refractivity contribution is 0.0602. The number of methoxy groups -OCH3 is 1. The second kappa shape index (κ2) is 23.8. The third-order valence-electron chi connectivity index (χ3n) is 14.0. The molecular formula is C64H52BrN7O12. The van der Waals surface area contributed by atoms with Gasteiger partial charge in [-0.25, -0.2) is 26.0 Å². The Labute approximate surface area is 485 Å². The van der Waals surface area contributed by atoms with E-state index in [9.17, 15) is 29.1 Å². The van der Waals surface area contributed by atoms with Gasteiger partial charge in [0.1, 0.15) is 62.7 Å². The first-order valence-electron chi connectivity index (χ1n) is 25.5. The molecule has 3 aliphatic heterocycles. The Hall–Kier alpha value is -10.1.